The van der Waals surface area contributed by atoms with Gasteiger partial charge in [-0.25, -0.2) is 8.78 Å². The number of rotatable bonds is 6. The van der Waals surface area contributed by atoms with Crippen LogP contribution in [0.2, 0.25) is 0 Å². The van der Waals surface area contributed by atoms with Gasteiger partial charge in [0.1, 0.15) is 30.0 Å². The van der Waals surface area contributed by atoms with Crippen LogP contribution in [-0.4, -0.2) is 17.9 Å². The molecule has 0 aromatic heterocycles. The van der Waals surface area contributed by atoms with E-state index < -0.39 is 17.8 Å². The maximum Gasteiger partial charge on any atom is 0.246 e. The Morgan fingerprint density at radius 2 is 1.80 bits per heavy atom. The minimum absolute atomic E-state index is 0.0173. The summed E-state index contributed by atoms with van der Waals surface area (Å²) in [6.45, 7) is 2.94. The minimum Gasteiger partial charge on any atom is -0.489 e. The van der Waals surface area contributed by atoms with Gasteiger partial charge in [0, 0.05) is 13.0 Å². The number of hydrogen-bond donors (Lipinski definition) is 2. The Labute approximate surface area is 144 Å². The molecule has 0 unspecified atom stereocenters. The van der Waals surface area contributed by atoms with E-state index in [2.05, 4.69) is 10.6 Å². The van der Waals surface area contributed by atoms with Crippen LogP contribution in [0.1, 0.15) is 19.4 Å². The number of hydrogen-bond acceptors (Lipinski definition) is 3. The Balaban J connectivity index is 1.96. The molecule has 2 aromatic carbocycles. The number of ether oxygens (including phenoxy) is 1. The number of anilines is 1. The lowest BCUT2D eigenvalue weighted by atomic mass is 10.2. The van der Waals surface area contributed by atoms with Gasteiger partial charge in [-0.05, 0) is 36.8 Å². The quantitative estimate of drug-likeness (QED) is 0.843. The van der Waals surface area contributed by atoms with E-state index in [0.717, 1.165) is 11.6 Å². The molecule has 0 fully saturated rings. The fraction of sp³-hybridized carbons (Fsp3) is 0.222. The second-order valence-electron chi connectivity index (χ2n) is 5.47. The van der Waals surface area contributed by atoms with E-state index in [1.807, 2.05) is 0 Å². The summed E-state index contributed by atoms with van der Waals surface area (Å²) >= 11 is 0. The van der Waals surface area contributed by atoms with Crippen LogP contribution in [0.15, 0.2) is 42.5 Å². The smallest absolute Gasteiger partial charge is 0.246 e. The average molecular weight is 348 g/mol. The molecule has 0 bridgehead atoms. The number of carbonyl (C=O) groups is 2. The van der Waals surface area contributed by atoms with Gasteiger partial charge in [0.15, 0.2) is 0 Å². The van der Waals surface area contributed by atoms with E-state index in [-0.39, 0.29) is 29.8 Å². The van der Waals surface area contributed by atoms with Crippen LogP contribution in [0.5, 0.6) is 5.75 Å². The summed E-state index contributed by atoms with van der Waals surface area (Å²) < 4.78 is 32.4. The van der Waals surface area contributed by atoms with Crippen molar-refractivity contribution in [3.8, 4) is 5.75 Å². The molecule has 5 nitrogen and oxygen atoms in total. The monoisotopic (exact) mass is 348 g/mol. The van der Waals surface area contributed by atoms with Crippen molar-refractivity contribution in [1.82, 2.24) is 5.32 Å². The van der Waals surface area contributed by atoms with E-state index in [0.29, 0.717) is 0 Å². The fourth-order valence-electron chi connectivity index (χ4n) is 2.05. The number of halogens is 2. The standard InChI is InChI=1S/C18H18F2N2O3/c1-11(21-12(2)23)18(24)22-17-8-7-15(9-16(17)20)25-10-13-3-5-14(19)6-4-13/h3-9,11H,10H2,1-2H3,(H,21,23)(H,22,24)/t11-/m1/s1. The first-order valence-electron chi connectivity index (χ1n) is 7.60. The van der Waals surface area contributed by atoms with Gasteiger partial charge >= 0.3 is 0 Å². The SMILES string of the molecule is CC(=O)N[C@H](C)C(=O)Nc1ccc(OCc2ccc(F)cc2)cc1F. The predicted molar refractivity (Wildman–Crippen MR) is 89.0 cm³/mol. The van der Waals surface area contributed by atoms with Gasteiger partial charge in [-0.3, -0.25) is 9.59 Å². The average Bonchev–Trinajstić information content (AvgIpc) is 2.56. The van der Waals surface area contributed by atoms with Gasteiger partial charge in [-0.1, -0.05) is 12.1 Å². The molecule has 1 atom stereocenters. The molecule has 0 saturated carbocycles. The summed E-state index contributed by atoms with van der Waals surface area (Å²) in [6, 6.07) is 9.00. The van der Waals surface area contributed by atoms with Crippen LogP contribution in [0.4, 0.5) is 14.5 Å². The summed E-state index contributed by atoms with van der Waals surface area (Å²) in [4.78, 5) is 22.8. The molecular formula is C18H18F2N2O3. The normalized spacial score (nSPS) is 11.5. The minimum atomic E-state index is -0.786. The maximum atomic E-state index is 14.1. The van der Waals surface area contributed by atoms with Crippen molar-refractivity contribution in [2.75, 3.05) is 5.32 Å². The molecule has 0 aliphatic rings. The summed E-state index contributed by atoms with van der Waals surface area (Å²) in [5, 5.41) is 4.81. The van der Waals surface area contributed by atoms with Crippen molar-refractivity contribution in [1.29, 1.82) is 0 Å². The van der Waals surface area contributed by atoms with Crippen molar-refractivity contribution >= 4 is 17.5 Å². The lowest BCUT2D eigenvalue weighted by molar-refractivity contribution is -0.124. The molecule has 25 heavy (non-hydrogen) atoms. The van der Waals surface area contributed by atoms with Gasteiger partial charge in [0.2, 0.25) is 11.8 Å². The van der Waals surface area contributed by atoms with Gasteiger partial charge in [0.25, 0.3) is 0 Å². The Morgan fingerprint density at radius 1 is 1.12 bits per heavy atom. The molecule has 7 heteroatoms. The summed E-state index contributed by atoms with van der Waals surface area (Å²) in [6.07, 6.45) is 0. The molecular weight excluding hydrogens is 330 g/mol. The molecule has 0 aliphatic carbocycles. The summed E-state index contributed by atoms with van der Waals surface area (Å²) in [5.74, 6) is -1.63. The van der Waals surface area contributed by atoms with Crippen molar-refractivity contribution < 1.29 is 23.1 Å². The van der Waals surface area contributed by atoms with Crippen LogP contribution < -0.4 is 15.4 Å². The first-order chi connectivity index (χ1) is 11.8. The molecule has 0 heterocycles. The Hall–Kier alpha value is -2.96. The fourth-order valence-corrected chi connectivity index (χ4v) is 2.05. The molecule has 0 radical (unpaired) electrons. The van der Waals surface area contributed by atoms with Crippen LogP contribution in [0, 0.1) is 11.6 Å². The lowest BCUT2D eigenvalue weighted by Crippen LogP contribution is -2.40. The second kappa shape index (κ2) is 8.23. The van der Waals surface area contributed by atoms with E-state index in [1.165, 1.54) is 38.1 Å². The first kappa shape index (κ1) is 18.4. The largest absolute Gasteiger partial charge is 0.489 e. The van der Waals surface area contributed by atoms with E-state index in [1.54, 1.807) is 12.1 Å². The third kappa shape index (κ3) is 5.56. The van der Waals surface area contributed by atoms with E-state index >= 15 is 0 Å². The Kier molecular flexibility index (Phi) is 6.05. The van der Waals surface area contributed by atoms with E-state index in [4.69, 9.17) is 4.74 Å². The van der Waals surface area contributed by atoms with E-state index in [9.17, 15) is 18.4 Å². The maximum absolute atomic E-state index is 14.1. The van der Waals surface area contributed by atoms with Crippen molar-refractivity contribution in [3.63, 3.8) is 0 Å². The number of carbonyl (C=O) groups excluding carboxylic acids is 2. The molecule has 2 amide bonds. The predicted octanol–water partition coefficient (Wildman–Crippen LogP) is 3.01. The number of amides is 2. The van der Waals surface area contributed by atoms with Crippen LogP contribution in [-0.2, 0) is 16.2 Å². The zero-order valence-corrected chi connectivity index (χ0v) is 13.8. The molecule has 132 valence electrons. The van der Waals surface area contributed by atoms with Crippen LogP contribution in [0.3, 0.4) is 0 Å². The second-order valence-corrected chi connectivity index (χ2v) is 5.47. The van der Waals surface area contributed by atoms with Crippen molar-refractivity contribution in [2.24, 2.45) is 0 Å². The lowest BCUT2D eigenvalue weighted by Gasteiger charge is -2.14. The van der Waals surface area contributed by atoms with Crippen molar-refractivity contribution in [2.45, 2.75) is 26.5 Å². The zero-order chi connectivity index (χ0) is 18.4. The first-order valence-corrected chi connectivity index (χ1v) is 7.60. The van der Waals surface area contributed by atoms with Crippen LogP contribution in [0.25, 0.3) is 0 Å². The topological polar surface area (TPSA) is 67.4 Å². The molecule has 0 spiro atoms. The van der Waals surface area contributed by atoms with Gasteiger partial charge in [-0.2, -0.15) is 0 Å². The molecule has 0 aliphatic heterocycles. The highest BCUT2D eigenvalue weighted by Crippen LogP contribution is 2.21. The van der Waals surface area contributed by atoms with Gasteiger partial charge in [-0.15, -0.1) is 0 Å². The Bertz CT molecular complexity index is 763. The number of nitrogens with one attached hydrogen (secondary N) is 2. The summed E-state index contributed by atoms with van der Waals surface area (Å²) in [5.41, 5.74) is 0.722. The third-order valence-corrected chi connectivity index (χ3v) is 3.33. The third-order valence-electron chi connectivity index (χ3n) is 3.33. The highest BCUT2D eigenvalue weighted by atomic mass is 19.1. The Morgan fingerprint density at radius 3 is 2.40 bits per heavy atom. The number of benzene rings is 2. The molecule has 2 N–H and O–H groups in total. The van der Waals surface area contributed by atoms with Gasteiger partial charge in [0.05, 0.1) is 5.69 Å². The van der Waals surface area contributed by atoms with Crippen molar-refractivity contribution in [3.05, 3.63) is 59.7 Å². The molecule has 2 rings (SSSR count). The van der Waals surface area contributed by atoms with Crippen LogP contribution >= 0.6 is 0 Å². The highest BCUT2D eigenvalue weighted by Gasteiger charge is 2.15. The highest BCUT2D eigenvalue weighted by molar-refractivity contribution is 5.96. The molecule has 0 saturated heterocycles. The van der Waals surface area contributed by atoms with Gasteiger partial charge < -0.3 is 15.4 Å². The summed E-state index contributed by atoms with van der Waals surface area (Å²) in [7, 11) is 0. The zero-order valence-electron chi connectivity index (χ0n) is 13.8. The molecule has 2 aromatic rings.